The fraction of sp³-hybridized carbons (Fsp3) is 0. The summed E-state index contributed by atoms with van der Waals surface area (Å²) in [5.41, 5.74) is 0. The fourth-order valence-electron chi connectivity index (χ4n) is 0. The second kappa shape index (κ2) is 2.73. The molecule has 28 valence electrons. The molecule has 1 unspecified atom stereocenters. The summed E-state index contributed by atoms with van der Waals surface area (Å²) < 4.78 is 0. The molecule has 0 bridgehead atoms. The molecule has 0 fully saturated rings. The summed E-state index contributed by atoms with van der Waals surface area (Å²) in [7, 11) is 2.92. The van der Waals surface area contributed by atoms with Crippen molar-refractivity contribution in [3.63, 3.8) is 0 Å². The van der Waals surface area contributed by atoms with Gasteiger partial charge >= 0.3 is 39.1 Å². The third-order valence-corrected chi connectivity index (χ3v) is 0. The molecule has 0 spiro atoms. The van der Waals surface area contributed by atoms with Crippen LogP contribution in [0.3, 0.4) is 0 Å². The predicted octanol–water partition coefficient (Wildman–Crippen LogP) is 0.895. The molecule has 0 rings (SSSR count). The zero-order chi connectivity index (χ0) is 3.58. The van der Waals surface area contributed by atoms with Gasteiger partial charge in [0.05, 0.1) is 0 Å². The van der Waals surface area contributed by atoms with Gasteiger partial charge in [0.2, 0.25) is 0 Å². The van der Waals surface area contributed by atoms with Crippen molar-refractivity contribution >= 4 is 14.9 Å². The van der Waals surface area contributed by atoms with Gasteiger partial charge in [-0.15, -0.1) is 0 Å². The average Bonchev–Trinajstić information content (AvgIpc) is 0.811. The second-order valence-electron chi connectivity index (χ2n) is 0.234. The van der Waals surface area contributed by atoms with E-state index >= 15 is 0 Å². The first-order valence-electron chi connectivity index (χ1n) is 0.565. The maximum absolute atomic E-state index is 8.02. The summed E-state index contributed by atoms with van der Waals surface area (Å²) in [4.78, 5) is 8.02. The Morgan fingerprint density at radius 2 is 2.00 bits per heavy atom. The first kappa shape index (κ1) is 5.51. The van der Waals surface area contributed by atoms with E-state index in [4.69, 9.17) is 4.89 Å². The Morgan fingerprint density at radius 3 is 2.00 bits per heavy atom. The first-order valence-corrected chi connectivity index (χ1v) is 6.09. The van der Waals surface area contributed by atoms with Crippen LogP contribution >= 0.6 is 14.9 Å². The zero-order valence-corrected chi connectivity index (χ0v) is 5.88. The van der Waals surface area contributed by atoms with Crippen molar-refractivity contribution in [2.45, 2.75) is 0 Å². The minimum atomic E-state index is -0.843. The van der Waals surface area contributed by atoms with Crippen LogP contribution in [0.15, 0.2) is 0 Å². The Balaban J connectivity index is 2.32. The van der Waals surface area contributed by atoms with Crippen LogP contribution in [0.4, 0.5) is 0 Å². The van der Waals surface area contributed by atoms with Gasteiger partial charge in [-0.05, 0) is 0 Å². The quantitative estimate of drug-likeness (QED) is 0.651. The molecule has 0 heterocycles. The Bertz CT molecular complexity index is 10.8. The summed E-state index contributed by atoms with van der Waals surface area (Å²) in [5.74, 6) is -0.843. The van der Waals surface area contributed by atoms with E-state index in [9.17, 15) is 0 Å². The third kappa shape index (κ3) is 9.70. The standard InChI is InChI=1S/H2OP2.Pt/c1-3-2;/h1-2H;/q-1;+1. The molecule has 0 saturated heterocycles. The van der Waals surface area contributed by atoms with Crippen LogP contribution in [-0.4, -0.2) is 4.89 Å². The molecule has 1 nitrogen and oxygen atoms in total. The predicted molar refractivity (Wildman–Crippen MR) is 17.5 cm³/mol. The summed E-state index contributed by atoms with van der Waals surface area (Å²) in [6.45, 7) is 0. The van der Waals surface area contributed by atoms with Gasteiger partial charge < -0.3 is 0 Å². The topological polar surface area (TPSA) is 20.2 Å². The Hall–Kier alpha value is 1.51. The van der Waals surface area contributed by atoms with Crippen LogP contribution in [0.2, 0.25) is 0 Å². The van der Waals surface area contributed by atoms with Gasteiger partial charge in [-0.1, -0.05) is 0 Å². The summed E-state index contributed by atoms with van der Waals surface area (Å²) in [6, 6.07) is 0. The van der Waals surface area contributed by atoms with E-state index in [0.29, 0.717) is 0 Å². The van der Waals surface area contributed by atoms with Crippen LogP contribution < -0.4 is 0 Å². The molecule has 0 aliphatic carbocycles. The van der Waals surface area contributed by atoms with Gasteiger partial charge in [0.15, 0.2) is 0 Å². The molecule has 0 aliphatic rings. The number of hydrogen-bond acceptors (Lipinski definition) is 1. The van der Waals surface area contributed by atoms with Crippen molar-refractivity contribution in [2.24, 2.45) is 0 Å². The Kier molecular flexibility index (Phi) is 3.76. The van der Waals surface area contributed by atoms with Gasteiger partial charge in [-0.2, -0.15) is 0 Å². The van der Waals surface area contributed by atoms with Crippen molar-refractivity contribution in [1.29, 1.82) is 0 Å². The minimum absolute atomic E-state index is 0.843. The zero-order valence-electron chi connectivity index (χ0n) is 1.71. The monoisotopic (exact) mass is 275 g/mol. The fourth-order valence-corrected chi connectivity index (χ4v) is 0. The summed E-state index contributed by atoms with van der Waals surface area (Å²) in [5, 5.41) is 0. The molecule has 0 saturated carbocycles. The van der Waals surface area contributed by atoms with Crippen molar-refractivity contribution in [3.05, 3.63) is 0 Å². The van der Waals surface area contributed by atoms with Gasteiger partial charge in [0.25, 0.3) is 0 Å². The van der Waals surface area contributed by atoms with E-state index < -0.39 is 5.93 Å². The molecule has 0 aromatic carbocycles. The van der Waals surface area contributed by atoms with Crippen molar-refractivity contribution in [2.75, 3.05) is 0 Å². The van der Waals surface area contributed by atoms with Crippen molar-refractivity contribution in [3.8, 4) is 0 Å². The van der Waals surface area contributed by atoms with E-state index in [0.717, 1.165) is 0 Å². The van der Waals surface area contributed by atoms with E-state index in [-0.39, 0.29) is 0 Å². The molecule has 4 heteroatoms. The summed E-state index contributed by atoms with van der Waals surface area (Å²) >= 11 is 1.86. The molecule has 1 atom stereocenters. The van der Waals surface area contributed by atoms with Crippen molar-refractivity contribution in [1.82, 2.24) is 0 Å². The van der Waals surface area contributed by atoms with Gasteiger partial charge in [-0.25, -0.2) is 0 Å². The number of hydrogen-bond donors (Lipinski definition) is 1. The number of rotatable bonds is 0. The van der Waals surface area contributed by atoms with Crippen LogP contribution in [0, 0.1) is 0 Å². The Morgan fingerprint density at radius 1 is 2.00 bits per heavy atom. The molecular weight excluding hydrogens is 273 g/mol. The molecule has 1 N–H and O–H groups in total. The molecule has 1 radical (unpaired) electrons. The SMILES string of the molecule is O[P]([PH])[Pt]. The van der Waals surface area contributed by atoms with Crippen LogP contribution in [0.1, 0.15) is 0 Å². The summed E-state index contributed by atoms with van der Waals surface area (Å²) in [6.07, 6.45) is 0. The van der Waals surface area contributed by atoms with Crippen molar-refractivity contribution < 1.29 is 24.2 Å². The van der Waals surface area contributed by atoms with Crippen LogP contribution in [0.25, 0.3) is 0 Å². The van der Waals surface area contributed by atoms with E-state index in [1.807, 2.05) is 19.3 Å². The Labute approximate surface area is 39.5 Å². The van der Waals surface area contributed by atoms with Gasteiger partial charge in [0, 0.05) is 0 Å². The molecule has 0 amide bonds. The van der Waals surface area contributed by atoms with Crippen LogP contribution in [0.5, 0.6) is 0 Å². The average molecular weight is 275 g/mol. The van der Waals surface area contributed by atoms with Gasteiger partial charge in [0.1, 0.15) is 0 Å². The third-order valence-electron chi connectivity index (χ3n) is 0. The molecule has 4 heavy (non-hydrogen) atoms. The molecular formula is H2OP2Pt. The first-order chi connectivity index (χ1) is 1.73. The van der Waals surface area contributed by atoms with E-state index in [1.165, 1.54) is 0 Å². The van der Waals surface area contributed by atoms with E-state index in [1.54, 1.807) is 0 Å². The van der Waals surface area contributed by atoms with Gasteiger partial charge in [-0.3, -0.25) is 0 Å². The normalized spacial score (nSPS) is 16.0. The molecule has 0 aliphatic heterocycles. The second-order valence-corrected chi connectivity index (χ2v) is 7.66. The van der Waals surface area contributed by atoms with E-state index in [2.05, 4.69) is 8.93 Å². The molecule has 0 aromatic rings. The maximum atomic E-state index is 8.02. The van der Waals surface area contributed by atoms with Crippen LogP contribution in [-0.2, 0) is 19.3 Å². The molecule has 0 aromatic heterocycles.